The third-order valence-electron chi connectivity index (χ3n) is 6.00. The molecule has 1 fully saturated rings. The van der Waals surface area contributed by atoms with Gasteiger partial charge >= 0.3 is 0 Å². The zero-order chi connectivity index (χ0) is 21.1. The van der Waals surface area contributed by atoms with E-state index in [1.807, 2.05) is 6.20 Å². The van der Waals surface area contributed by atoms with Crippen molar-refractivity contribution in [3.63, 3.8) is 0 Å². The van der Waals surface area contributed by atoms with E-state index in [9.17, 15) is 0 Å². The summed E-state index contributed by atoms with van der Waals surface area (Å²) in [6.45, 7) is 13.4. The number of rotatable bonds is 4. The molecule has 0 spiro atoms. The maximum absolute atomic E-state index is 5.16. The van der Waals surface area contributed by atoms with Crippen molar-refractivity contribution in [3.05, 3.63) is 65.9 Å². The number of likely N-dealkylation sites (tertiary alicyclic amines) is 1. The lowest BCUT2D eigenvalue weighted by Crippen LogP contribution is -2.38. The number of aromatic nitrogens is 2. The minimum absolute atomic E-state index is 0.342. The van der Waals surface area contributed by atoms with Crippen LogP contribution in [0.25, 0.3) is 16.7 Å². The quantitative estimate of drug-likeness (QED) is 0.765. The summed E-state index contributed by atoms with van der Waals surface area (Å²) < 4.78 is 0. The van der Waals surface area contributed by atoms with Crippen LogP contribution >= 0.6 is 0 Å². The molecule has 4 nitrogen and oxygen atoms in total. The summed E-state index contributed by atoms with van der Waals surface area (Å²) in [6.07, 6.45) is 10.6. The first kappa shape index (κ1) is 20.8. The SMILES string of the molecule is Cc1ccccc1-c1cnc(C2=CCNC=C2)nc1C1CCN(CC(C)(C)C)CC1. The molecule has 30 heavy (non-hydrogen) atoms. The van der Waals surface area contributed by atoms with Crippen molar-refractivity contribution in [2.75, 3.05) is 26.2 Å². The third-order valence-corrected chi connectivity index (χ3v) is 6.00. The molecule has 1 N–H and O–H groups in total. The van der Waals surface area contributed by atoms with Gasteiger partial charge in [-0.2, -0.15) is 0 Å². The summed E-state index contributed by atoms with van der Waals surface area (Å²) in [6, 6.07) is 8.60. The fourth-order valence-electron chi connectivity index (χ4n) is 4.58. The van der Waals surface area contributed by atoms with Crippen molar-refractivity contribution in [1.82, 2.24) is 20.2 Å². The van der Waals surface area contributed by atoms with Crippen LogP contribution in [0, 0.1) is 12.3 Å². The average Bonchev–Trinajstić information content (AvgIpc) is 2.74. The fraction of sp³-hybridized carbons (Fsp3) is 0.462. The molecule has 2 aliphatic rings. The summed E-state index contributed by atoms with van der Waals surface area (Å²) in [5.74, 6) is 1.32. The van der Waals surface area contributed by atoms with Crippen LogP contribution in [0.3, 0.4) is 0 Å². The number of piperidine rings is 1. The molecule has 0 amide bonds. The third kappa shape index (κ3) is 4.81. The molecule has 0 unspecified atom stereocenters. The Morgan fingerprint density at radius 1 is 1.10 bits per heavy atom. The van der Waals surface area contributed by atoms with Gasteiger partial charge in [-0.3, -0.25) is 0 Å². The van der Waals surface area contributed by atoms with Crippen LogP contribution in [0.5, 0.6) is 0 Å². The van der Waals surface area contributed by atoms with Crippen molar-refractivity contribution in [2.45, 2.75) is 46.5 Å². The van der Waals surface area contributed by atoms with Gasteiger partial charge in [0.1, 0.15) is 0 Å². The van der Waals surface area contributed by atoms with Crippen LogP contribution in [-0.4, -0.2) is 41.0 Å². The van der Waals surface area contributed by atoms with Crippen LogP contribution in [0.1, 0.15) is 56.6 Å². The Labute approximate surface area is 181 Å². The fourth-order valence-corrected chi connectivity index (χ4v) is 4.58. The Hall–Kier alpha value is -2.46. The second-order valence-corrected chi connectivity index (χ2v) is 9.82. The predicted molar refractivity (Wildman–Crippen MR) is 125 cm³/mol. The summed E-state index contributed by atoms with van der Waals surface area (Å²) in [7, 11) is 0. The van der Waals surface area contributed by atoms with Gasteiger partial charge in [0.25, 0.3) is 0 Å². The van der Waals surface area contributed by atoms with Crippen LogP contribution < -0.4 is 5.32 Å². The molecule has 2 aromatic rings. The van der Waals surface area contributed by atoms with Crippen LogP contribution in [-0.2, 0) is 0 Å². The zero-order valence-corrected chi connectivity index (χ0v) is 18.8. The number of hydrogen-bond acceptors (Lipinski definition) is 4. The number of dihydropyridines is 1. The second-order valence-electron chi connectivity index (χ2n) is 9.82. The first-order valence-corrected chi connectivity index (χ1v) is 11.2. The minimum atomic E-state index is 0.342. The van der Waals surface area contributed by atoms with E-state index in [0.29, 0.717) is 11.3 Å². The van der Waals surface area contributed by atoms with Crippen molar-refractivity contribution in [3.8, 4) is 11.1 Å². The molecule has 0 atom stereocenters. The number of nitrogens with zero attached hydrogens (tertiary/aromatic N) is 3. The van der Waals surface area contributed by atoms with E-state index in [4.69, 9.17) is 9.97 Å². The smallest absolute Gasteiger partial charge is 0.159 e. The van der Waals surface area contributed by atoms with Crippen LogP contribution in [0.15, 0.2) is 48.8 Å². The van der Waals surface area contributed by atoms with Gasteiger partial charge in [-0.15, -0.1) is 0 Å². The molecule has 158 valence electrons. The van der Waals surface area contributed by atoms with Crippen LogP contribution in [0.2, 0.25) is 0 Å². The van der Waals surface area contributed by atoms with E-state index in [0.717, 1.165) is 50.4 Å². The van der Waals surface area contributed by atoms with Gasteiger partial charge in [0, 0.05) is 36.3 Å². The largest absolute Gasteiger partial charge is 0.387 e. The lowest BCUT2D eigenvalue weighted by molar-refractivity contribution is 0.153. The van der Waals surface area contributed by atoms with E-state index in [-0.39, 0.29) is 0 Å². The van der Waals surface area contributed by atoms with Crippen molar-refractivity contribution >= 4 is 5.57 Å². The van der Waals surface area contributed by atoms with E-state index in [1.54, 1.807) is 0 Å². The van der Waals surface area contributed by atoms with Gasteiger partial charge in [0.05, 0.1) is 5.69 Å². The van der Waals surface area contributed by atoms with E-state index in [2.05, 4.69) is 80.5 Å². The molecule has 3 heterocycles. The van der Waals surface area contributed by atoms with Gasteiger partial charge in [-0.05, 0) is 61.7 Å². The van der Waals surface area contributed by atoms with Gasteiger partial charge in [-0.1, -0.05) is 51.1 Å². The Kier molecular flexibility index (Phi) is 6.05. The van der Waals surface area contributed by atoms with Gasteiger partial charge in [-0.25, -0.2) is 9.97 Å². The van der Waals surface area contributed by atoms with Crippen molar-refractivity contribution in [2.24, 2.45) is 5.41 Å². The van der Waals surface area contributed by atoms with E-state index in [1.165, 1.54) is 22.4 Å². The monoisotopic (exact) mass is 402 g/mol. The number of benzene rings is 1. The first-order chi connectivity index (χ1) is 14.4. The molecule has 4 rings (SSSR count). The Morgan fingerprint density at radius 3 is 2.53 bits per heavy atom. The lowest BCUT2D eigenvalue weighted by atomic mass is 9.86. The number of allylic oxidation sites excluding steroid dienone is 2. The summed E-state index contributed by atoms with van der Waals surface area (Å²) >= 11 is 0. The van der Waals surface area contributed by atoms with Gasteiger partial charge in [0.15, 0.2) is 5.82 Å². The molecule has 0 aliphatic carbocycles. The van der Waals surface area contributed by atoms with E-state index < -0.39 is 0 Å². The molecule has 0 radical (unpaired) electrons. The Bertz CT molecular complexity index is 944. The molecule has 0 saturated carbocycles. The molecular weight excluding hydrogens is 368 g/mol. The molecular formula is C26H34N4. The molecule has 1 aromatic heterocycles. The maximum atomic E-state index is 5.16. The maximum Gasteiger partial charge on any atom is 0.159 e. The predicted octanol–water partition coefficient (Wildman–Crippen LogP) is 5.18. The van der Waals surface area contributed by atoms with Crippen molar-refractivity contribution < 1.29 is 0 Å². The normalized spacial score (nSPS) is 18.2. The molecule has 4 heteroatoms. The summed E-state index contributed by atoms with van der Waals surface area (Å²) in [5.41, 5.74) is 6.40. The molecule has 0 bridgehead atoms. The van der Waals surface area contributed by atoms with Crippen LogP contribution in [0.4, 0.5) is 0 Å². The summed E-state index contributed by atoms with van der Waals surface area (Å²) in [5, 5.41) is 3.21. The summed E-state index contributed by atoms with van der Waals surface area (Å²) in [4.78, 5) is 12.5. The highest BCUT2D eigenvalue weighted by Crippen LogP contribution is 2.36. The number of nitrogens with one attached hydrogen (secondary N) is 1. The minimum Gasteiger partial charge on any atom is -0.387 e. The van der Waals surface area contributed by atoms with Gasteiger partial charge < -0.3 is 10.2 Å². The first-order valence-electron chi connectivity index (χ1n) is 11.2. The van der Waals surface area contributed by atoms with E-state index >= 15 is 0 Å². The van der Waals surface area contributed by atoms with Crippen molar-refractivity contribution in [1.29, 1.82) is 0 Å². The second kappa shape index (κ2) is 8.73. The lowest BCUT2D eigenvalue weighted by Gasteiger charge is -2.36. The number of aryl methyl sites for hydroxylation is 1. The Morgan fingerprint density at radius 2 is 1.87 bits per heavy atom. The standard InChI is InChI=1S/C26H34N4/c1-19-7-5-6-8-22(19)23-17-28-25(21-9-13-27-14-10-21)29-24(23)20-11-15-30(16-12-20)18-26(2,3)4/h5-10,13,17,20,27H,11-12,14-16,18H2,1-4H3. The topological polar surface area (TPSA) is 41.1 Å². The molecule has 1 aromatic carbocycles. The Balaban J connectivity index is 1.66. The highest BCUT2D eigenvalue weighted by atomic mass is 15.1. The zero-order valence-electron chi connectivity index (χ0n) is 18.8. The number of hydrogen-bond donors (Lipinski definition) is 1. The van der Waals surface area contributed by atoms with Gasteiger partial charge in [0.2, 0.25) is 0 Å². The highest BCUT2D eigenvalue weighted by molar-refractivity contribution is 5.74. The molecule has 2 aliphatic heterocycles. The highest BCUT2D eigenvalue weighted by Gasteiger charge is 2.27. The molecule has 1 saturated heterocycles. The average molecular weight is 403 g/mol.